The largest absolute Gasteiger partial charge is 0.318 e. The third kappa shape index (κ3) is 2.01. The predicted octanol–water partition coefficient (Wildman–Crippen LogP) is 3.87. The van der Waals surface area contributed by atoms with Gasteiger partial charge in [-0.25, -0.2) is 0 Å². The van der Waals surface area contributed by atoms with Crippen LogP contribution < -0.4 is 0 Å². The minimum atomic E-state index is 0.726. The minimum Gasteiger partial charge on any atom is -0.318 e. The van der Waals surface area contributed by atoms with Crippen LogP contribution in [0.25, 0.3) is 5.69 Å². The van der Waals surface area contributed by atoms with Gasteiger partial charge in [0, 0.05) is 27.7 Å². The van der Waals surface area contributed by atoms with E-state index in [1.165, 1.54) is 0 Å². The van der Waals surface area contributed by atoms with Gasteiger partial charge in [0.05, 0.1) is 0 Å². The Hall–Kier alpha value is -1.54. The molecule has 0 fully saturated rings. The lowest BCUT2D eigenvalue weighted by Crippen LogP contribution is -2.01. The summed E-state index contributed by atoms with van der Waals surface area (Å²) in [6.07, 6.45) is 0.893. The Morgan fingerprint density at radius 1 is 1.18 bits per heavy atom. The van der Waals surface area contributed by atoms with Gasteiger partial charge < -0.3 is 4.57 Å². The van der Waals surface area contributed by atoms with Crippen molar-refractivity contribution in [2.24, 2.45) is 0 Å². The van der Waals surface area contributed by atoms with Crippen LogP contribution in [0.1, 0.15) is 27.3 Å². The molecule has 0 radical (unpaired) electrons. The van der Waals surface area contributed by atoms with Gasteiger partial charge in [0.1, 0.15) is 0 Å². The number of benzene rings is 1. The Kier molecular flexibility index (Phi) is 3.07. The molecular weight excluding hydrogens is 234 g/mol. The normalized spacial score (nSPS) is 10.6. The number of rotatable bonds is 2. The number of carbonyl (C=O) groups is 1. The number of aromatic nitrogens is 1. The highest BCUT2D eigenvalue weighted by Crippen LogP contribution is 2.24. The Morgan fingerprint density at radius 2 is 1.88 bits per heavy atom. The van der Waals surface area contributed by atoms with Gasteiger partial charge in [0.15, 0.2) is 6.29 Å². The van der Waals surface area contributed by atoms with Crippen LogP contribution in [0.5, 0.6) is 0 Å². The van der Waals surface area contributed by atoms with E-state index in [1.54, 1.807) is 0 Å². The van der Waals surface area contributed by atoms with Crippen LogP contribution in [-0.2, 0) is 0 Å². The van der Waals surface area contributed by atoms with Crippen molar-refractivity contribution in [3.8, 4) is 5.69 Å². The highest BCUT2D eigenvalue weighted by molar-refractivity contribution is 6.30. The number of hydrogen-bond donors (Lipinski definition) is 0. The number of nitrogens with zero attached hydrogens (tertiary/aromatic N) is 1. The number of carbonyl (C=O) groups excluding carboxylic acids is 1. The van der Waals surface area contributed by atoms with E-state index in [4.69, 9.17) is 11.6 Å². The van der Waals surface area contributed by atoms with E-state index in [0.29, 0.717) is 0 Å². The smallest absolute Gasteiger partial charge is 0.151 e. The standard InChI is InChI=1S/C14H14ClNO/c1-9-6-13(15)4-5-14(9)16-10(2)7-12(8-17)11(16)3/h4-8H,1-3H3. The molecule has 0 amide bonds. The third-order valence-electron chi connectivity index (χ3n) is 3.00. The van der Waals surface area contributed by atoms with Crippen LogP contribution in [0.4, 0.5) is 0 Å². The van der Waals surface area contributed by atoms with Gasteiger partial charge in [-0.3, -0.25) is 4.79 Å². The lowest BCUT2D eigenvalue weighted by atomic mass is 10.2. The molecule has 3 heteroatoms. The first-order valence-corrected chi connectivity index (χ1v) is 5.83. The molecule has 1 aromatic heterocycles. The van der Waals surface area contributed by atoms with Crippen LogP contribution in [0.3, 0.4) is 0 Å². The highest BCUT2D eigenvalue weighted by Gasteiger charge is 2.11. The Morgan fingerprint density at radius 3 is 2.41 bits per heavy atom. The zero-order valence-electron chi connectivity index (χ0n) is 10.1. The highest BCUT2D eigenvalue weighted by atomic mass is 35.5. The van der Waals surface area contributed by atoms with Crippen molar-refractivity contribution in [3.63, 3.8) is 0 Å². The molecule has 17 heavy (non-hydrogen) atoms. The summed E-state index contributed by atoms with van der Waals surface area (Å²) in [5.41, 5.74) is 4.91. The summed E-state index contributed by atoms with van der Waals surface area (Å²) in [5.74, 6) is 0. The molecular formula is C14H14ClNO. The molecule has 0 aliphatic rings. The van der Waals surface area contributed by atoms with E-state index in [9.17, 15) is 4.79 Å². The van der Waals surface area contributed by atoms with Gasteiger partial charge in [-0.1, -0.05) is 11.6 Å². The molecule has 0 N–H and O–H groups in total. The lowest BCUT2D eigenvalue weighted by Gasteiger charge is -2.12. The predicted molar refractivity (Wildman–Crippen MR) is 70.4 cm³/mol. The molecule has 0 unspecified atom stereocenters. The molecule has 2 aromatic rings. The molecule has 2 rings (SSSR count). The minimum absolute atomic E-state index is 0.726. The zero-order chi connectivity index (χ0) is 12.6. The molecule has 88 valence electrons. The van der Waals surface area contributed by atoms with Crippen molar-refractivity contribution < 1.29 is 4.79 Å². The number of aryl methyl sites for hydroxylation is 2. The van der Waals surface area contributed by atoms with Crippen LogP contribution >= 0.6 is 11.6 Å². The van der Waals surface area contributed by atoms with Crippen molar-refractivity contribution >= 4 is 17.9 Å². The summed E-state index contributed by atoms with van der Waals surface area (Å²) in [6, 6.07) is 7.67. The number of aldehydes is 1. The van der Waals surface area contributed by atoms with Crippen molar-refractivity contribution in [2.75, 3.05) is 0 Å². The lowest BCUT2D eigenvalue weighted by molar-refractivity contribution is 0.112. The first kappa shape index (κ1) is 11.9. The van der Waals surface area contributed by atoms with Gasteiger partial charge in [0.2, 0.25) is 0 Å². The molecule has 0 spiro atoms. The maximum atomic E-state index is 10.9. The fourth-order valence-electron chi connectivity index (χ4n) is 2.15. The number of hydrogen-bond acceptors (Lipinski definition) is 1. The third-order valence-corrected chi connectivity index (χ3v) is 3.23. The maximum Gasteiger partial charge on any atom is 0.151 e. The molecule has 1 heterocycles. The van der Waals surface area contributed by atoms with Crippen molar-refractivity contribution in [2.45, 2.75) is 20.8 Å². The van der Waals surface area contributed by atoms with E-state index in [2.05, 4.69) is 4.57 Å². The molecule has 0 atom stereocenters. The molecule has 0 saturated carbocycles. The van der Waals surface area contributed by atoms with Crippen molar-refractivity contribution in [1.29, 1.82) is 0 Å². The number of halogens is 1. The average Bonchev–Trinajstić information content (AvgIpc) is 2.55. The van der Waals surface area contributed by atoms with Gasteiger partial charge in [-0.2, -0.15) is 0 Å². The second-order valence-electron chi connectivity index (χ2n) is 4.21. The second kappa shape index (κ2) is 4.38. The monoisotopic (exact) mass is 247 g/mol. The Bertz CT molecular complexity index is 584. The SMILES string of the molecule is Cc1cc(Cl)ccc1-n1c(C)cc(C=O)c1C. The second-order valence-corrected chi connectivity index (χ2v) is 4.65. The van der Waals surface area contributed by atoms with Gasteiger partial charge in [0.25, 0.3) is 0 Å². The Labute approximate surface area is 106 Å². The van der Waals surface area contributed by atoms with Crippen molar-refractivity contribution in [1.82, 2.24) is 4.57 Å². The first-order valence-electron chi connectivity index (χ1n) is 5.45. The summed E-state index contributed by atoms with van der Waals surface area (Å²) < 4.78 is 2.08. The Balaban J connectivity index is 2.68. The summed E-state index contributed by atoms with van der Waals surface area (Å²) in [7, 11) is 0. The van der Waals surface area contributed by atoms with Crippen LogP contribution in [0, 0.1) is 20.8 Å². The molecule has 2 nitrogen and oxygen atoms in total. The van der Waals surface area contributed by atoms with Crippen LogP contribution in [-0.4, -0.2) is 10.9 Å². The molecule has 0 saturated heterocycles. The van der Waals surface area contributed by atoms with Gasteiger partial charge in [-0.05, 0) is 50.6 Å². The topological polar surface area (TPSA) is 22.0 Å². The average molecular weight is 248 g/mol. The fourth-order valence-corrected chi connectivity index (χ4v) is 2.37. The van der Waals surface area contributed by atoms with Crippen LogP contribution in [0.15, 0.2) is 24.3 Å². The fraction of sp³-hybridized carbons (Fsp3) is 0.214. The first-order chi connectivity index (χ1) is 8.04. The van der Waals surface area contributed by atoms with E-state index in [1.807, 2.05) is 45.0 Å². The van der Waals surface area contributed by atoms with Crippen molar-refractivity contribution in [3.05, 3.63) is 51.8 Å². The van der Waals surface area contributed by atoms with Gasteiger partial charge >= 0.3 is 0 Å². The van der Waals surface area contributed by atoms with Crippen LogP contribution in [0.2, 0.25) is 5.02 Å². The zero-order valence-corrected chi connectivity index (χ0v) is 10.9. The summed E-state index contributed by atoms with van der Waals surface area (Å²) in [4.78, 5) is 10.9. The van der Waals surface area contributed by atoms with E-state index in [-0.39, 0.29) is 0 Å². The summed E-state index contributed by atoms with van der Waals surface area (Å²) in [6.45, 7) is 5.96. The molecule has 0 aliphatic heterocycles. The maximum absolute atomic E-state index is 10.9. The summed E-state index contributed by atoms with van der Waals surface area (Å²) in [5, 5.41) is 0.726. The molecule has 1 aromatic carbocycles. The molecule has 0 bridgehead atoms. The van der Waals surface area contributed by atoms with Gasteiger partial charge in [-0.15, -0.1) is 0 Å². The van der Waals surface area contributed by atoms with E-state index in [0.717, 1.165) is 39.5 Å². The molecule has 0 aliphatic carbocycles. The van der Waals surface area contributed by atoms with E-state index < -0.39 is 0 Å². The van der Waals surface area contributed by atoms with E-state index >= 15 is 0 Å². The quantitative estimate of drug-likeness (QED) is 0.739. The summed E-state index contributed by atoms with van der Waals surface area (Å²) >= 11 is 5.95.